The van der Waals surface area contributed by atoms with Crippen LogP contribution < -0.4 is 5.32 Å². The summed E-state index contributed by atoms with van der Waals surface area (Å²) in [5.41, 5.74) is 15.3. The number of hydrogen-bond acceptors (Lipinski definition) is 2. The van der Waals surface area contributed by atoms with Gasteiger partial charge in [0.2, 0.25) is 0 Å². The molecule has 1 N–H and O–H groups in total. The Bertz CT molecular complexity index is 1330. The first-order chi connectivity index (χ1) is 20.9. The summed E-state index contributed by atoms with van der Waals surface area (Å²) >= 11 is 0. The predicted molar refractivity (Wildman–Crippen MR) is 190 cm³/mol. The Morgan fingerprint density at radius 1 is 1.00 bits per heavy atom. The molecule has 0 radical (unpaired) electrons. The molecule has 0 saturated carbocycles. The topological polar surface area (TPSA) is 15.3 Å². The van der Waals surface area contributed by atoms with E-state index in [1.807, 2.05) is 19.9 Å². The molecular formula is C41H56N2. The fraction of sp³-hybridized carbons (Fsp3) is 0.463. The molecule has 1 heterocycles. The van der Waals surface area contributed by atoms with Gasteiger partial charge in [-0.05, 0) is 142 Å². The SMILES string of the molecule is C=CC/C(C)=C(/CC(=C)c1ccc(C)cc1)C(=C)NCCCCN1CCC(c2cc3c4c(c2C=C)CCCC34)CC1.CC. The predicted octanol–water partition coefficient (Wildman–Crippen LogP) is 10.5. The smallest absolute Gasteiger partial charge is 0.0302 e. The van der Waals surface area contributed by atoms with Crippen LogP contribution in [-0.4, -0.2) is 31.1 Å². The number of nitrogens with one attached hydrogen (secondary N) is 1. The molecule has 1 fully saturated rings. The van der Waals surface area contributed by atoms with E-state index in [-0.39, 0.29) is 0 Å². The highest BCUT2D eigenvalue weighted by molar-refractivity contribution is 5.71. The normalized spacial score (nSPS) is 18.0. The Kier molecular flexibility index (Phi) is 11.9. The Morgan fingerprint density at radius 2 is 1.72 bits per heavy atom. The lowest BCUT2D eigenvalue weighted by Crippen LogP contribution is -2.34. The number of unbranched alkanes of at least 4 members (excludes halogenated alkanes) is 1. The first-order valence-electron chi connectivity index (χ1n) is 16.9. The Balaban J connectivity index is 0.00000207. The summed E-state index contributed by atoms with van der Waals surface area (Å²) in [7, 11) is 0. The third-order valence-corrected chi connectivity index (χ3v) is 9.79. The van der Waals surface area contributed by atoms with E-state index in [4.69, 9.17) is 0 Å². The highest BCUT2D eigenvalue weighted by atomic mass is 15.1. The second kappa shape index (κ2) is 15.6. The summed E-state index contributed by atoms with van der Waals surface area (Å²) in [5, 5.41) is 3.64. The molecule has 1 aliphatic heterocycles. The maximum Gasteiger partial charge on any atom is 0.0302 e. The fourth-order valence-corrected chi connectivity index (χ4v) is 7.28. The molecule has 230 valence electrons. The van der Waals surface area contributed by atoms with Crippen molar-refractivity contribution in [1.82, 2.24) is 10.2 Å². The van der Waals surface area contributed by atoms with Crippen LogP contribution >= 0.6 is 0 Å². The van der Waals surface area contributed by atoms with Gasteiger partial charge in [-0.1, -0.05) is 87.2 Å². The van der Waals surface area contributed by atoms with Gasteiger partial charge in [0.15, 0.2) is 0 Å². The van der Waals surface area contributed by atoms with Gasteiger partial charge in [-0.25, -0.2) is 0 Å². The molecular weight excluding hydrogens is 520 g/mol. The van der Waals surface area contributed by atoms with Crippen LogP contribution in [0.2, 0.25) is 0 Å². The van der Waals surface area contributed by atoms with Crippen molar-refractivity contribution < 1.29 is 0 Å². The molecule has 0 aromatic heterocycles. The van der Waals surface area contributed by atoms with Gasteiger partial charge in [-0.2, -0.15) is 0 Å². The lowest BCUT2D eigenvalue weighted by atomic mass is 9.83. The van der Waals surface area contributed by atoms with E-state index >= 15 is 0 Å². The molecule has 0 spiro atoms. The number of piperidine rings is 1. The lowest BCUT2D eigenvalue weighted by molar-refractivity contribution is 0.209. The number of nitrogens with zero attached hydrogens (tertiary/aromatic N) is 1. The molecule has 2 aromatic rings. The monoisotopic (exact) mass is 576 g/mol. The standard InChI is InChI=1S/C39H50N2.C2H6/c1-7-12-28(4)36(25-29(5)31-17-15-27(3)16-18-31)30(6)40-21-9-10-22-41-23-19-32(20-24-41)37-26-38-35-14-11-13-34(39(35)38)33(37)8-2;1-2/h7-8,15-18,26,32,35,40H,1-2,5-6,9-14,19-25H2,3-4H3;1-2H3/b36-28-;. The molecule has 0 bridgehead atoms. The lowest BCUT2D eigenvalue weighted by Gasteiger charge is -2.33. The number of rotatable bonds is 14. The highest BCUT2D eigenvalue weighted by Crippen LogP contribution is 2.55. The minimum Gasteiger partial charge on any atom is -0.385 e. The zero-order valence-corrected chi connectivity index (χ0v) is 27.7. The van der Waals surface area contributed by atoms with E-state index < -0.39 is 0 Å². The fourth-order valence-electron chi connectivity index (χ4n) is 7.28. The number of fused-ring (bicyclic) bond motifs is 1. The largest absolute Gasteiger partial charge is 0.385 e. The van der Waals surface area contributed by atoms with Crippen molar-refractivity contribution in [3.8, 4) is 0 Å². The van der Waals surface area contributed by atoms with E-state index in [0.29, 0.717) is 5.92 Å². The van der Waals surface area contributed by atoms with Crippen LogP contribution in [0.5, 0.6) is 0 Å². The molecule has 3 aliphatic rings. The number of aryl methyl sites for hydroxylation is 1. The van der Waals surface area contributed by atoms with Gasteiger partial charge in [-0.3, -0.25) is 0 Å². The second-order valence-electron chi connectivity index (χ2n) is 12.6. The summed E-state index contributed by atoms with van der Waals surface area (Å²) in [6.45, 7) is 29.9. The summed E-state index contributed by atoms with van der Waals surface area (Å²) in [4.78, 5) is 2.68. The van der Waals surface area contributed by atoms with Crippen LogP contribution in [0.25, 0.3) is 11.6 Å². The van der Waals surface area contributed by atoms with Crippen molar-refractivity contribution in [2.45, 2.75) is 97.3 Å². The van der Waals surface area contributed by atoms with Crippen LogP contribution in [0, 0.1) is 6.92 Å². The van der Waals surface area contributed by atoms with Crippen LogP contribution in [0.1, 0.15) is 123 Å². The van der Waals surface area contributed by atoms with Gasteiger partial charge in [-0.15, -0.1) is 6.58 Å². The molecule has 1 saturated heterocycles. The highest BCUT2D eigenvalue weighted by Gasteiger charge is 2.40. The van der Waals surface area contributed by atoms with E-state index in [0.717, 1.165) is 43.0 Å². The quantitative estimate of drug-likeness (QED) is 0.137. The first-order valence-corrected chi connectivity index (χ1v) is 16.9. The van der Waals surface area contributed by atoms with Crippen LogP contribution in [0.4, 0.5) is 0 Å². The van der Waals surface area contributed by atoms with E-state index in [1.54, 1.807) is 22.3 Å². The van der Waals surface area contributed by atoms with Crippen molar-refractivity contribution in [2.75, 3.05) is 26.2 Å². The van der Waals surface area contributed by atoms with Crippen molar-refractivity contribution in [1.29, 1.82) is 0 Å². The van der Waals surface area contributed by atoms with Gasteiger partial charge in [0.05, 0.1) is 0 Å². The number of benzene rings is 2. The van der Waals surface area contributed by atoms with Crippen molar-refractivity contribution >= 4 is 11.6 Å². The Hall–Kier alpha value is -3.10. The maximum atomic E-state index is 4.43. The third kappa shape index (κ3) is 7.90. The average molecular weight is 577 g/mol. The summed E-state index contributed by atoms with van der Waals surface area (Å²) in [6.07, 6.45) is 14.7. The number of hydrogen-bond donors (Lipinski definition) is 1. The van der Waals surface area contributed by atoms with Crippen LogP contribution in [0.15, 0.2) is 79.6 Å². The van der Waals surface area contributed by atoms with Gasteiger partial charge in [0.1, 0.15) is 0 Å². The van der Waals surface area contributed by atoms with Gasteiger partial charge in [0.25, 0.3) is 0 Å². The summed E-state index contributed by atoms with van der Waals surface area (Å²) < 4.78 is 0. The minimum absolute atomic E-state index is 0.700. The van der Waals surface area contributed by atoms with Crippen molar-refractivity contribution in [2.24, 2.45) is 0 Å². The molecule has 1 atom stereocenters. The van der Waals surface area contributed by atoms with Crippen LogP contribution in [0.3, 0.4) is 0 Å². The van der Waals surface area contributed by atoms with Gasteiger partial charge in [0, 0.05) is 18.2 Å². The van der Waals surface area contributed by atoms with E-state index in [9.17, 15) is 0 Å². The van der Waals surface area contributed by atoms with Crippen LogP contribution in [-0.2, 0) is 6.42 Å². The number of likely N-dealkylation sites (tertiary alicyclic amines) is 1. The molecule has 2 nitrogen and oxygen atoms in total. The molecule has 43 heavy (non-hydrogen) atoms. The van der Waals surface area contributed by atoms with E-state index in [2.05, 4.69) is 86.8 Å². The van der Waals surface area contributed by atoms with E-state index in [1.165, 1.54) is 86.0 Å². The van der Waals surface area contributed by atoms with Gasteiger partial charge >= 0.3 is 0 Å². The zero-order valence-electron chi connectivity index (χ0n) is 27.7. The average Bonchev–Trinajstić information content (AvgIpc) is 3.75. The summed E-state index contributed by atoms with van der Waals surface area (Å²) in [5.74, 6) is 1.49. The third-order valence-electron chi connectivity index (χ3n) is 9.79. The molecule has 2 aromatic carbocycles. The molecule has 5 rings (SSSR count). The van der Waals surface area contributed by atoms with Crippen molar-refractivity contribution in [3.05, 3.63) is 119 Å². The molecule has 1 unspecified atom stereocenters. The van der Waals surface area contributed by atoms with Gasteiger partial charge < -0.3 is 10.2 Å². The zero-order chi connectivity index (χ0) is 30.9. The van der Waals surface area contributed by atoms with Crippen molar-refractivity contribution in [3.63, 3.8) is 0 Å². The second-order valence-corrected chi connectivity index (χ2v) is 12.6. The molecule has 0 amide bonds. The molecule has 2 heteroatoms. The Morgan fingerprint density at radius 3 is 2.40 bits per heavy atom. The molecule has 2 aliphatic carbocycles. The minimum atomic E-state index is 0.700. The Labute approximate surface area is 263 Å². The maximum absolute atomic E-state index is 4.43. The first kappa shape index (κ1) is 32.8. The number of allylic oxidation sites excluding steroid dienone is 4. The summed E-state index contributed by atoms with van der Waals surface area (Å²) in [6, 6.07) is 11.2.